The van der Waals surface area contributed by atoms with Crippen molar-refractivity contribution in [2.75, 3.05) is 13.1 Å². The molecular weight excluding hydrogens is 328 g/mol. The first kappa shape index (κ1) is 16.5. The Morgan fingerprint density at radius 1 is 1.38 bits per heavy atom. The molecule has 0 aromatic heterocycles. The average molecular weight is 353 g/mol. The predicted octanol–water partition coefficient (Wildman–Crippen LogP) is 3.19. The lowest BCUT2D eigenvalue weighted by Gasteiger charge is -2.33. The molecule has 1 aromatic rings. The largest absolute Gasteiger partial charge is 0.351 e. The number of rotatable bonds is 5. The zero-order valence-corrected chi connectivity index (χ0v) is 14.5. The maximum Gasteiger partial charge on any atom is 0.234 e. The Hall–Kier alpha value is -0.870. The fourth-order valence-corrected chi connectivity index (χ4v) is 2.87. The van der Waals surface area contributed by atoms with Gasteiger partial charge in [0.2, 0.25) is 5.91 Å². The molecule has 2 unspecified atom stereocenters. The molecular formula is C17H25BrN2O. The third-order valence-electron chi connectivity index (χ3n) is 3.94. The fourth-order valence-electron chi connectivity index (χ4n) is 2.74. The van der Waals surface area contributed by atoms with Gasteiger partial charge in [0.25, 0.3) is 0 Å². The highest BCUT2D eigenvalue weighted by Crippen LogP contribution is 2.16. The number of amides is 1. The Balaban J connectivity index is 1.85. The van der Waals surface area contributed by atoms with E-state index in [-0.39, 0.29) is 16.8 Å². The van der Waals surface area contributed by atoms with Crippen molar-refractivity contribution < 1.29 is 4.79 Å². The van der Waals surface area contributed by atoms with Gasteiger partial charge in [-0.3, -0.25) is 9.69 Å². The summed E-state index contributed by atoms with van der Waals surface area (Å²) in [5, 5.41) is 3.19. The smallest absolute Gasteiger partial charge is 0.234 e. The van der Waals surface area contributed by atoms with Gasteiger partial charge in [0.15, 0.2) is 0 Å². The number of nitrogens with one attached hydrogen (secondary N) is 1. The first-order chi connectivity index (χ1) is 10.1. The molecule has 2 atom stereocenters. The van der Waals surface area contributed by atoms with E-state index in [1.165, 1.54) is 5.56 Å². The van der Waals surface area contributed by atoms with Gasteiger partial charge in [-0.1, -0.05) is 60.1 Å². The van der Waals surface area contributed by atoms with Gasteiger partial charge in [0, 0.05) is 19.1 Å². The quantitative estimate of drug-likeness (QED) is 0.825. The second-order valence-corrected chi connectivity index (χ2v) is 7.20. The zero-order valence-electron chi connectivity index (χ0n) is 12.9. The van der Waals surface area contributed by atoms with Gasteiger partial charge < -0.3 is 5.32 Å². The molecule has 0 saturated carbocycles. The molecule has 1 N–H and O–H groups in total. The topological polar surface area (TPSA) is 32.3 Å². The molecule has 1 aromatic carbocycles. The maximum absolute atomic E-state index is 12.1. The van der Waals surface area contributed by atoms with Crippen LogP contribution in [0, 0.1) is 5.92 Å². The van der Waals surface area contributed by atoms with Crippen molar-refractivity contribution in [3.63, 3.8) is 0 Å². The van der Waals surface area contributed by atoms with Crippen LogP contribution in [0.5, 0.6) is 0 Å². The van der Waals surface area contributed by atoms with E-state index in [1.54, 1.807) is 0 Å². The number of likely N-dealkylation sites (tertiary alicyclic amines) is 1. The first-order valence-electron chi connectivity index (χ1n) is 7.77. The monoisotopic (exact) mass is 352 g/mol. The minimum atomic E-state index is -0.0954. The lowest BCUT2D eigenvalue weighted by Crippen LogP contribution is -2.49. The minimum absolute atomic E-state index is 0.0954. The van der Waals surface area contributed by atoms with Crippen LogP contribution in [0.3, 0.4) is 0 Å². The van der Waals surface area contributed by atoms with Gasteiger partial charge in [-0.2, -0.15) is 0 Å². The van der Waals surface area contributed by atoms with E-state index in [4.69, 9.17) is 0 Å². The molecule has 1 aliphatic heterocycles. The van der Waals surface area contributed by atoms with Crippen LogP contribution in [-0.2, 0) is 11.3 Å². The van der Waals surface area contributed by atoms with Crippen molar-refractivity contribution in [1.82, 2.24) is 10.2 Å². The maximum atomic E-state index is 12.1. The van der Waals surface area contributed by atoms with Gasteiger partial charge in [0.05, 0.1) is 4.83 Å². The number of carbonyl (C=O) groups is 1. The highest BCUT2D eigenvalue weighted by atomic mass is 79.9. The van der Waals surface area contributed by atoms with Crippen LogP contribution in [0.25, 0.3) is 0 Å². The van der Waals surface area contributed by atoms with Crippen LogP contribution in [0.4, 0.5) is 0 Å². The second kappa shape index (κ2) is 7.95. The average Bonchev–Trinajstić information content (AvgIpc) is 2.47. The minimum Gasteiger partial charge on any atom is -0.351 e. The summed E-state index contributed by atoms with van der Waals surface area (Å²) in [5.41, 5.74) is 1.34. The van der Waals surface area contributed by atoms with E-state index in [0.29, 0.717) is 5.92 Å². The highest BCUT2D eigenvalue weighted by Gasteiger charge is 2.25. The third kappa shape index (κ3) is 5.11. The highest BCUT2D eigenvalue weighted by molar-refractivity contribution is 9.10. The molecule has 3 nitrogen and oxygen atoms in total. The molecule has 1 heterocycles. The van der Waals surface area contributed by atoms with Gasteiger partial charge in [0.1, 0.15) is 0 Å². The van der Waals surface area contributed by atoms with Crippen LogP contribution >= 0.6 is 15.9 Å². The van der Waals surface area contributed by atoms with Gasteiger partial charge >= 0.3 is 0 Å². The predicted molar refractivity (Wildman–Crippen MR) is 90.4 cm³/mol. The van der Waals surface area contributed by atoms with Crippen LogP contribution < -0.4 is 5.32 Å². The molecule has 1 saturated heterocycles. The Morgan fingerprint density at radius 3 is 2.76 bits per heavy atom. The molecule has 1 aliphatic rings. The lowest BCUT2D eigenvalue weighted by atomic mass is 10.0. The van der Waals surface area contributed by atoms with E-state index >= 15 is 0 Å². The van der Waals surface area contributed by atoms with Crippen molar-refractivity contribution >= 4 is 21.8 Å². The van der Waals surface area contributed by atoms with Gasteiger partial charge in [-0.25, -0.2) is 0 Å². The summed E-state index contributed by atoms with van der Waals surface area (Å²) in [4.78, 5) is 14.5. The van der Waals surface area contributed by atoms with Crippen LogP contribution in [0.1, 0.15) is 32.3 Å². The molecule has 1 amide bonds. The molecule has 116 valence electrons. The Morgan fingerprint density at radius 2 is 2.10 bits per heavy atom. The molecule has 21 heavy (non-hydrogen) atoms. The molecule has 0 bridgehead atoms. The summed E-state index contributed by atoms with van der Waals surface area (Å²) in [5.74, 6) is 0.436. The van der Waals surface area contributed by atoms with Crippen molar-refractivity contribution in [1.29, 1.82) is 0 Å². The zero-order chi connectivity index (χ0) is 15.2. The molecule has 1 fully saturated rings. The molecule has 0 radical (unpaired) electrons. The SMILES string of the molecule is CC(C)C(Br)C(=O)NC1CCCN(Cc2ccccc2)C1. The van der Waals surface area contributed by atoms with E-state index in [9.17, 15) is 4.79 Å². The second-order valence-electron chi connectivity index (χ2n) is 6.21. The van der Waals surface area contributed by atoms with Crippen LogP contribution in [0.2, 0.25) is 0 Å². The molecule has 0 spiro atoms. The normalized spacial score (nSPS) is 21.2. The number of halogens is 1. The Bertz CT molecular complexity index is 449. The van der Waals surface area contributed by atoms with Crippen molar-refractivity contribution in [2.45, 2.75) is 44.1 Å². The Labute approximate surface area is 136 Å². The summed E-state index contributed by atoms with van der Waals surface area (Å²) in [6.07, 6.45) is 2.22. The van der Waals surface area contributed by atoms with E-state index in [0.717, 1.165) is 32.5 Å². The van der Waals surface area contributed by atoms with Crippen molar-refractivity contribution in [2.24, 2.45) is 5.92 Å². The lowest BCUT2D eigenvalue weighted by molar-refractivity contribution is -0.122. The van der Waals surface area contributed by atoms with Crippen molar-refractivity contribution in [3.8, 4) is 0 Å². The summed E-state index contributed by atoms with van der Waals surface area (Å²) in [6, 6.07) is 10.8. The summed E-state index contributed by atoms with van der Waals surface area (Å²) < 4.78 is 0. The molecule has 4 heteroatoms. The number of benzene rings is 1. The van der Waals surface area contributed by atoms with Crippen LogP contribution in [0.15, 0.2) is 30.3 Å². The van der Waals surface area contributed by atoms with Gasteiger partial charge in [-0.05, 0) is 30.9 Å². The summed E-state index contributed by atoms with van der Waals surface area (Å²) >= 11 is 3.48. The summed E-state index contributed by atoms with van der Waals surface area (Å²) in [6.45, 7) is 7.14. The molecule has 2 rings (SSSR count). The third-order valence-corrected chi connectivity index (χ3v) is 5.41. The van der Waals surface area contributed by atoms with E-state index in [1.807, 2.05) is 6.07 Å². The number of hydrogen-bond donors (Lipinski definition) is 1. The number of hydrogen-bond acceptors (Lipinski definition) is 2. The van der Waals surface area contributed by atoms with E-state index < -0.39 is 0 Å². The van der Waals surface area contributed by atoms with E-state index in [2.05, 4.69) is 64.3 Å². The van der Waals surface area contributed by atoms with Gasteiger partial charge in [-0.15, -0.1) is 0 Å². The first-order valence-corrected chi connectivity index (χ1v) is 8.68. The molecule has 0 aliphatic carbocycles. The Kier molecular flexibility index (Phi) is 6.24. The van der Waals surface area contributed by atoms with Crippen LogP contribution in [-0.4, -0.2) is 34.8 Å². The standard InChI is InChI=1S/C17H25BrN2O/c1-13(2)16(18)17(21)19-15-9-6-10-20(12-15)11-14-7-4-3-5-8-14/h3-5,7-8,13,15-16H,6,9-12H2,1-2H3,(H,19,21). The van der Waals surface area contributed by atoms with Crippen molar-refractivity contribution in [3.05, 3.63) is 35.9 Å². The number of piperidine rings is 1. The number of alkyl halides is 1. The summed E-state index contributed by atoms with van der Waals surface area (Å²) in [7, 11) is 0. The fraction of sp³-hybridized carbons (Fsp3) is 0.588. The number of nitrogens with zero attached hydrogens (tertiary/aromatic N) is 1. The number of carbonyl (C=O) groups excluding carboxylic acids is 1.